The lowest BCUT2D eigenvalue weighted by atomic mass is 9.77. The molecule has 1 aliphatic carbocycles. The number of phenolic OH excluding ortho intramolecular Hbond substituents is 1. The van der Waals surface area contributed by atoms with Gasteiger partial charge in [0.25, 0.3) is 0 Å². The summed E-state index contributed by atoms with van der Waals surface area (Å²) in [6, 6.07) is 4.35. The second kappa shape index (κ2) is 4.77. The van der Waals surface area contributed by atoms with Gasteiger partial charge in [-0.2, -0.15) is 0 Å². The summed E-state index contributed by atoms with van der Waals surface area (Å²) in [5, 5.41) is 10.7. The lowest BCUT2D eigenvalue weighted by Crippen LogP contribution is -2.20. The van der Waals surface area contributed by atoms with Gasteiger partial charge in [-0.25, -0.2) is 0 Å². The highest BCUT2D eigenvalue weighted by molar-refractivity contribution is 5.50. The summed E-state index contributed by atoms with van der Waals surface area (Å²) in [7, 11) is 0. The highest BCUT2D eigenvalue weighted by atomic mass is 16.3. The molecule has 20 heavy (non-hydrogen) atoms. The Kier molecular flexibility index (Phi) is 3.66. The summed E-state index contributed by atoms with van der Waals surface area (Å²) >= 11 is 0. The first-order valence-corrected chi connectivity index (χ1v) is 7.65. The molecule has 0 amide bonds. The molecule has 0 aromatic heterocycles. The van der Waals surface area contributed by atoms with Crippen molar-refractivity contribution in [1.29, 1.82) is 0 Å². The van der Waals surface area contributed by atoms with Crippen molar-refractivity contribution in [2.45, 2.75) is 71.3 Å². The SMILES string of the molecule is CC(C)(C)c1cc([C@@H](N)C2CC2)cc(C(C)(C)C)c1O. The molecule has 1 saturated carbocycles. The van der Waals surface area contributed by atoms with Gasteiger partial charge in [0.15, 0.2) is 0 Å². The highest BCUT2D eigenvalue weighted by Crippen LogP contribution is 2.44. The third-order valence-corrected chi connectivity index (χ3v) is 4.26. The van der Waals surface area contributed by atoms with Crippen LogP contribution in [-0.4, -0.2) is 5.11 Å². The van der Waals surface area contributed by atoms with Crippen LogP contribution >= 0.6 is 0 Å². The topological polar surface area (TPSA) is 46.2 Å². The smallest absolute Gasteiger partial charge is 0.123 e. The van der Waals surface area contributed by atoms with Crippen LogP contribution in [0, 0.1) is 5.92 Å². The van der Waals surface area contributed by atoms with Crippen LogP contribution in [0.2, 0.25) is 0 Å². The number of rotatable bonds is 2. The minimum Gasteiger partial charge on any atom is -0.507 e. The van der Waals surface area contributed by atoms with Crippen molar-refractivity contribution in [1.82, 2.24) is 0 Å². The standard InChI is InChI=1S/C18H29NO/c1-17(2,3)13-9-12(15(19)11-7-8-11)10-14(16(13)20)18(4,5)6/h9-11,15,20H,7-8,19H2,1-6H3/t15-/m0/s1. The first-order valence-electron chi connectivity index (χ1n) is 7.65. The molecular weight excluding hydrogens is 246 g/mol. The molecule has 2 nitrogen and oxygen atoms in total. The zero-order valence-corrected chi connectivity index (χ0v) is 13.7. The lowest BCUT2D eigenvalue weighted by molar-refractivity contribution is 0.421. The zero-order valence-electron chi connectivity index (χ0n) is 13.7. The fourth-order valence-corrected chi connectivity index (χ4v) is 2.72. The van der Waals surface area contributed by atoms with E-state index >= 15 is 0 Å². The van der Waals surface area contributed by atoms with Gasteiger partial charge in [-0.15, -0.1) is 0 Å². The van der Waals surface area contributed by atoms with Gasteiger partial charge in [-0.3, -0.25) is 0 Å². The van der Waals surface area contributed by atoms with E-state index in [1.165, 1.54) is 18.4 Å². The predicted molar refractivity (Wildman–Crippen MR) is 85.2 cm³/mol. The van der Waals surface area contributed by atoms with Crippen LogP contribution in [0.25, 0.3) is 0 Å². The van der Waals surface area contributed by atoms with Crippen LogP contribution in [0.1, 0.15) is 77.1 Å². The van der Waals surface area contributed by atoms with Crippen LogP contribution in [0.3, 0.4) is 0 Å². The van der Waals surface area contributed by atoms with Gasteiger partial charge in [0.05, 0.1) is 0 Å². The van der Waals surface area contributed by atoms with Gasteiger partial charge in [0.1, 0.15) is 5.75 Å². The van der Waals surface area contributed by atoms with E-state index in [4.69, 9.17) is 5.73 Å². The number of hydrogen-bond donors (Lipinski definition) is 2. The van der Waals surface area contributed by atoms with Crippen LogP contribution in [0.15, 0.2) is 12.1 Å². The van der Waals surface area contributed by atoms with E-state index in [-0.39, 0.29) is 16.9 Å². The molecule has 0 aliphatic heterocycles. The van der Waals surface area contributed by atoms with E-state index in [2.05, 4.69) is 53.7 Å². The number of hydrogen-bond acceptors (Lipinski definition) is 2. The molecule has 0 spiro atoms. The van der Waals surface area contributed by atoms with Crippen molar-refractivity contribution >= 4 is 0 Å². The van der Waals surface area contributed by atoms with E-state index in [0.29, 0.717) is 11.7 Å². The summed E-state index contributed by atoms with van der Waals surface area (Å²) in [5.41, 5.74) is 9.43. The normalized spacial score (nSPS) is 18.1. The van der Waals surface area contributed by atoms with Crippen molar-refractivity contribution in [3.8, 4) is 5.75 Å². The minimum absolute atomic E-state index is 0.0800. The van der Waals surface area contributed by atoms with Crippen molar-refractivity contribution in [3.05, 3.63) is 28.8 Å². The maximum atomic E-state index is 10.7. The molecule has 0 unspecified atom stereocenters. The molecule has 0 bridgehead atoms. The largest absolute Gasteiger partial charge is 0.507 e. The molecule has 1 fully saturated rings. The highest BCUT2D eigenvalue weighted by Gasteiger charge is 2.33. The molecule has 3 N–H and O–H groups in total. The minimum atomic E-state index is -0.0800. The number of phenols is 1. The Morgan fingerprint density at radius 1 is 1.00 bits per heavy atom. The van der Waals surface area contributed by atoms with Crippen LogP contribution in [-0.2, 0) is 10.8 Å². The maximum absolute atomic E-state index is 10.7. The molecule has 1 aromatic rings. The molecule has 2 heteroatoms. The Morgan fingerprint density at radius 2 is 1.40 bits per heavy atom. The quantitative estimate of drug-likeness (QED) is 0.840. The first kappa shape index (κ1) is 15.4. The Morgan fingerprint density at radius 3 is 1.70 bits per heavy atom. The van der Waals surface area contributed by atoms with Gasteiger partial charge in [0.2, 0.25) is 0 Å². The molecule has 2 rings (SSSR count). The third-order valence-electron chi connectivity index (χ3n) is 4.26. The second-order valence-corrected chi connectivity index (χ2v) is 8.33. The van der Waals surface area contributed by atoms with Crippen molar-refractivity contribution in [2.75, 3.05) is 0 Å². The van der Waals surface area contributed by atoms with Crippen LogP contribution in [0.5, 0.6) is 5.75 Å². The summed E-state index contributed by atoms with van der Waals surface area (Å²) in [5.74, 6) is 1.07. The molecule has 0 saturated heterocycles. The van der Waals surface area contributed by atoms with Crippen LogP contribution < -0.4 is 5.73 Å². The van der Waals surface area contributed by atoms with Gasteiger partial charge in [0, 0.05) is 6.04 Å². The fourth-order valence-electron chi connectivity index (χ4n) is 2.72. The van der Waals surface area contributed by atoms with Gasteiger partial charge >= 0.3 is 0 Å². The van der Waals surface area contributed by atoms with Crippen molar-refractivity contribution in [3.63, 3.8) is 0 Å². The fraction of sp³-hybridized carbons (Fsp3) is 0.667. The molecule has 1 aromatic carbocycles. The molecule has 1 atom stereocenters. The van der Waals surface area contributed by atoms with E-state index in [0.717, 1.165) is 11.1 Å². The second-order valence-electron chi connectivity index (χ2n) is 8.33. The Hall–Kier alpha value is -1.02. The number of aromatic hydroxyl groups is 1. The van der Waals surface area contributed by atoms with Crippen molar-refractivity contribution < 1.29 is 5.11 Å². The summed E-state index contributed by atoms with van der Waals surface area (Å²) in [6.45, 7) is 12.8. The van der Waals surface area contributed by atoms with Gasteiger partial charge < -0.3 is 10.8 Å². The Bertz CT molecular complexity index is 466. The van der Waals surface area contributed by atoms with E-state index < -0.39 is 0 Å². The number of nitrogens with two attached hydrogens (primary N) is 1. The zero-order chi connectivity index (χ0) is 15.3. The van der Waals surface area contributed by atoms with Gasteiger partial charge in [-0.1, -0.05) is 41.5 Å². The molecular formula is C18H29NO. The van der Waals surface area contributed by atoms with Crippen molar-refractivity contribution in [2.24, 2.45) is 11.7 Å². The Balaban J connectivity index is 2.59. The monoisotopic (exact) mass is 275 g/mol. The molecule has 0 heterocycles. The maximum Gasteiger partial charge on any atom is 0.123 e. The average molecular weight is 275 g/mol. The lowest BCUT2D eigenvalue weighted by Gasteiger charge is -2.29. The number of benzene rings is 1. The third kappa shape index (κ3) is 3.01. The summed E-state index contributed by atoms with van der Waals surface area (Å²) in [6.07, 6.45) is 2.47. The molecule has 112 valence electrons. The summed E-state index contributed by atoms with van der Waals surface area (Å²) in [4.78, 5) is 0. The van der Waals surface area contributed by atoms with E-state index in [1.807, 2.05) is 0 Å². The first-order chi connectivity index (χ1) is 9.01. The van der Waals surface area contributed by atoms with Crippen LogP contribution in [0.4, 0.5) is 0 Å². The summed E-state index contributed by atoms with van der Waals surface area (Å²) < 4.78 is 0. The predicted octanol–water partition coefficient (Wildman–Crippen LogP) is 4.40. The van der Waals surface area contributed by atoms with E-state index in [9.17, 15) is 5.11 Å². The average Bonchev–Trinajstić information content (AvgIpc) is 3.08. The molecule has 0 radical (unpaired) electrons. The molecule has 1 aliphatic rings. The van der Waals surface area contributed by atoms with E-state index in [1.54, 1.807) is 0 Å². The van der Waals surface area contributed by atoms with Gasteiger partial charge in [-0.05, 0) is 58.4 Å². The Labute approximate surface area is 123 Å².